The predicted octanol–water partition coefficient (Wildman–Crippen LogP) is 1.59. The van der Waals surface area contributed by atoms with E-state index in [1.54, 1.807) is 12.1 Å². The molecule has 1 N–H and O–H groups in total. The Balaban J connectivity index is 2.30. The predicted molar refractivity (Wildman–Crippen MR) is 84.2 cm³/mol. The van der Waals surface area contributed by atoms with Crippen molar-refractivity contribution in [1.82, 2.24) is 9.55 Å². The van der Waals surface area contributed by atoms with Gasteiger partial charge in [0.25, 0.3) is 5.56 Å². The van der Waals surface area contributed by atoms with Gasteiger partial charge in [0, 0.05) is 20.9 Å². The Bertz CT molecular complexity index is 744. The molecule has 0 aliphatic rings. The molecule has 1 heterocycles. The van der Waals surface area contributed by atoms with Gasteiger partial charge in [-0.2, -0.15) is 0 Å². The second kappa shape index (κ2) is 6.17. The van der Waals surface area contributed by atoms with Crippen LogP contribution in [0.15, 0.2) is 40.1 Å². The van der Waals surface area contributed by atoms with Crippen molar-refractivity contribution >= 4 is 28.4 Å². The SMILES string of the molecule is CCc1cn(CC(=O)c2ccc(I)cc2)c(=O)[nH]c1=O. The molecule has 0 amide bonds. The lowest BCUT2D eigenvalue weighted by atomic mass is 10.1. The number of Topliss-reactive ketones (excluding diaryl/α,β-unsaturated/α-hetero) is 1. The van der Waals surface area contributed by atoms with E-state index in [4.69, 9.17) is 0 Å². The fraction of sp³-hybridized carbons (Fsp3) is 0.214. The van der Waals surface area contributed by atoms with Crippen molar-refractivity contribution in [3.8, 4) is 0 Å². The summed E-state index contributed by atoms with van der Waals surface area (Å²) in [5.74, 6) is -0.169. The molecule has 1 aromatic carbocycles. The first kappa shape index (κ1) is 14.7. The standard InChI is InChI=1S/C14H13IN2O3/c1-2-9-7-17(14(20)16-13(9)19)8-12(18)10-3-5-11(15)6-4-10/h3-7H,2,8H2,1H3,(H,16,19,20). The van der Waals surface area contributed by atoms with E-state index in [9.17, 15) is 14.4 Å². The average Bonchev–Trinajstić information content (AvgIpc) is 2.42. The van der Waals surface area contributed by atoms with Crippen molar-refractivity contribution in [2.24, 2.45) is 0 Å². The van der Waals surface area contributed by atoms with Crippen LogP contribution in [0.1, 0.15) is 22.8 Å². The minimum absolute atomic E-state index is 0.0802. The summed E-state index contributed by atoms with van der Waals surface area (Å²) in [4.78, 5) is 37.5. The number of carbonyl (C=O) groups excluding carboxylic acids is 1. The number of benzene rings is 1. The molecule has 0 aliphatic heterocycles. The minimum Gasteiger partial charge on any atom is -0.293 e. The number of hydrogen-bond acceptors (Lipinski definition) is 3. The lowest BCUT2D eigenvalue weighted by Crippen LogP contribution is -2.33. The number of nitrogens with one attached hydrogen (secondary N) is 1. The molecule has 2 rings (SSSR count). The monoisotopic (exact) mass is 384 g/mol. The first-order valence-corrected chi connectivity index (χ1v) is 7.20. The number of aromatic nitrogens is 2. The zero-order valence-corrected chi connectivity index (χ0v) is 13.0. The van der Waals surface area contributed by atoms with Gasteiger partial charge in [0.15, 0.2) is 5.78 Å². The van der Waals surface area contributed by atoms with Crippen LogP contribution in [-0.2, 0) is 13.0 Å². The molecule has 0 fully saturated rings. The highest BCUT2D eigenvalue weighted by Crippen LogP contribution is 2.08. The number of nitrogens with zero attached hydrogens (tertiary/aromatic N) is 1. The van der Waals surface area contributed by atoms with E-state index in [0.29, 0.717) is 17.5 Å². The van der Waals surface area contributed by atoms with Crippen molar-refractivity contribution in [3.63, 3.8) is 0 Å². The summed E-state index contributed by atoms with van der Waals surface area (Å²) >= 11 is 2.16. The quantitative estimate of drug-likeness (QED) is 0.643. The van der Waals surface area contributed by atoms with Crippen LogP contribution in [0, 0.1) is 3.57 Å². The van der Waals surface area contributed by atoms with Gasteiger partial charge in [-0.05, 0) is 41.1 Å². The van der Waals surface area contributed by atoms with Gasteiger partial charge in [-0.3, -0.25) is 19.1 Å². The number of carbonyl (C=O) groups is 1. The van der Waals surface area contributed by atoms with Gasteiger partial charge in [0.2, 0.25) is 0 Å². The van der Waals surface area contributed by atoms with Gasteiger partial charge in [-0.25, -0.2) is 4.79 Å². The zero-order valence-electron chi connectivity index (χ0n) is 10.9. The van der Waals surface area contributed by atoms with E-state index in [0.717, 1.165) is 3.57 Å². The summed E-state index contributed by atoms with van der Waals surface area (Å²) in [5, 5.41) is 0. The van der Waals surface area contributed by atoms with Crippen LogP contribution in [0.4, 0.5) is 0 Å². The Hall–Kier alpha value is -1.70. The number of ketones is 1. The van der Waals surface area contributed by atoms with Crippen LogP contribution < -0.4 is 11.2 Å². The maximum Gasteiger partial charge on any atom is 0.328 e. The van der Waals surface area contributed by atoms with Crippen molar-refractivity contribution in [3.05, 3.63) is 66.0 Å². The lowest BCUT2D eigenvalue weighted by molar-refractivity contribution is 0.0970. The van der Waals surface area contributed by atoms with Crippen LogP contribution in [0.5, 0.6) is 0 Å². The number of aromatic amines is 1. The van der Waals surface area contributed by atoms with Crippen LogP contribution in [0.25, 0.3) is 0 Å². The molecule has 0 bridgehead atoms. The van der Waals surface area contributed by atoms with E-state index in [-0.39, 0.29) is 12.3 Å². The van der Waals surface area contributed by atoms with Gasteiger partial charge < -0.3 is 0 Å². The Kier molecular flexibility index (Phi) is 4.53. The molecule has 0 saturated heterocycles. The van der Waals surface area contributed by atoms with Gasteiger partial charge >= 0.3 is 5.69 Å². The first-order chi connectivity index (χ1) is 9.51. The molecule has 104 valence electrons. The Morgan fingerprint density at radius 2 is 1.90 bits per heavy atom. The smallest absolute Gasteiger partial charge is 0.293 e. The summed E-state index contributed by atoms with van der Waals surface area (Å²) in [6.45, 7) is 1.74. The summed E-state index contributed by atoms with van der Waals surface area (Å²) < 4.78 is 2.27. The van der Waals surface area contributed by atoms with Crippen LogP contribution in [0.3, 0.4) is 0 Å². The van der Waals surface area contributed by atoms with Crippen LogP contribution in [-0.4, -0.2) is 15.3 Å². The summed E-state index contributed by atoms with van der Waals surface area (Å²) in [7, 11) is 0. The second-order valence-electron chi connectivity index (χ2n) is 4.33. The molecule has 6 heteroatoms. The highest BCUT2D eigenvalue weighted by molar-refractivity contribution is 14.1. The molecule has 0 saturated carbocycles. The fourth-order valence-corrected chi connectivity index (χ4v) is 2.17. The molecule has 0 unspecified atom stereocenters. The van der Waals surface area contributed by atoms with Gasteiger partial charge in [0.05, 0.1) is 6.54 Å². The minimum atomic E-state index is -0.564. The summed E-state index contributed by atoms with van der Waals surface area (Å²) in [6.07, 6.45) is 1.96. The topological polar surface area (TPSA) is 71.9 Å². The number of H-pyrrole nitrogens is 1. The largest absolute Gasteiger partial charge is 0.328 e. The highest BCUT2D eigenvalue weighted by atomic mass is 127. The molecule has 0 radical (unpaired) electrons. The van der Waals surface area contributed by atoms with Gasteiger partial charge in [-0.15, -0.1) is 0 Å². The molecule has 0 spiro atoms. The van der Waals surface area contributed by atoms with E-state index < -0.39 is 11.2 Å². The molecule has 0 atom stereocenters. The molecule has 20 heavy (non-hydrogen) atoms. The maximum absolute atomic E-state index is 12.1. The number of halogens is 1. The third-order valence-electron chi connectivity index (χ3n) is 2.95. The maximum atomic E-state index is 12.1. The van der Waals surface area contributed by atoms with E-state index >= 15 is 0 Å². The van der Waals surface area contributed by atoms with E-state index in [1.807, 2.05) is 19.1 Å². The van der Waals surface area contributed by atoms with Crippen molar-refractivity contribution < 1.29 is 4.79 Å². The molecule has 2 aromatic rings. The summed E-state index contributed by atoms with van der Waals surface area (Å²) in [6, 6.07) is 7.12. The molecular weight excluding hydrogens is 371 g/mol. The number of aryl methyl sites for hydroxylation is 1. The molecule has 0 aliphatic carbocycles. The second-order valence-corrected chi connectivity index (χ2v) is 5.57. The third kappa shape index (κ3) is 3.24. The van der Waals surface area contributed by atoms with Gasteiger partial charge in [0.1, 0.15) is 0 Å². The first-order valence-electron chi connectivity index (χ1n) is 6.12. The normalized spacial score (nSPS) is 10.5. The number of rotatable bonds is 4. The Morgan fingerprint density at radius 3 is 2.50 bits per heavy atom. The van der Waals surface area contributed by atoms with Crippen molar-refractivity contribution in [2.45, 2.75) is 19.9 Å². The molecule has 1 aromatic heterocycles. The Morgan fingerprint density at radius 1 is 1.25 bits per heavy atom. The molecule has 5 nitrogen and oxygen atoms in total. The van der Waals surface area contributed by atoms with Crippen molar-refractivity contribution in [1.29, 1.82) is 0 Å². The van der Waals surface area contributed by atoms with Crippen LogP contribution >= 0.6 is 22.6 Å². The fourth-order valence-electron chi connectivity index (χ4n) is 1.81. The van der Waals surface area contributed by atoms with E-state index in [1.165, 1.54) is 10.8 Å². The third-order valence-corrected chi connectivity index (χ3v) is 3.66. The zero-order chi connectivity index (χ0) is 14.7. The highest BCUT2D eigenvalue weighted by Gasteiger charge is 2.09. The van der Waals surface area contributed by atoms with Gasteiger partial charge in [-0.1, -0.05) is 19.1 Å². The Labute approximate surface area is 128 Å². The number of hydrogen-bond donors (Lipinski definition) is 1. The van der Waals surface area contributed by atoms with E-state index in [2.05, 4.69) is 27.6 Å². The van der Waals surface area contributed by atoms with Crippen molar-refractivity contribution in [2.75, 3.05) is 0 Å². The summed E-state index contributed by atoms with van der Waals surface area (Å²) in [5.41, 5.74) is 0.0723. The average molecular weight is 384 g/mol. The lowest BCUT2D eigenvalue weighted by Gasteiger charge is -2.06. The van der Waals surface area contributed by atoms with Crippen LogP contribution in [0.2, 0.25) is 0 Å². The molecular formula is C14H13IN2O3.